The highest BCUT2D eigenvalue weighted by Gasteiger charge is 2.21. The van der Waals surface area contributed by atoms with Crippen molar-refractivity contribution in [3.05, 3.63) is 60.2 Å². The first-order valence-electron chi connectivity index (χ1n) is 9.70. The number of carbonyl (C=O) groups is 3. The molecule has 1 unspecified atom stereocenters. The van der Waals surface area contributed by atoms with Crippen LogP contribution in [0.2, 0.25) is 0 Å². The minimum Gasteiger partial charge on any atom is -0.366 e. The van der Waals surface area contributed by atoms with Crippen LogP contribution in [0.4, 0.5) is 11.4 Å². The summed E-state index contributed by atoms with van der Waals surface area (Å²) in [5.74, 6) is -0.776. The zero-order valence-corrected chi connectivity index (χ0v) is 16.9. The van der Waals surface area contributed by atoms with Crippen LogP contribution in [-0.4, -0.2) is 41.8 Å². The highest BCUT2D eigenvalue weighted by atomic mass is 16.2. The largest absolute Gasteiger partial charge is 0.366 e. The van der Waals surface area contributed by atoms with Crippen molar-refractivity contribution >= 4 is 29.1 Å². The Morgan fingerprint density at radius 2 is 1.55 bits per heavy atom. The lowest BCUT2D eigenvalue weighted by Crippen LogP contribution is -2.43. The van der Waals surface area contributed by atoms with E-state index in [2.05, 4.69) is 10.6 Å². The van der Waals surface area contributed by atoms with Gasteiger partial charge in [0, 0.05) is 29.9 Å². The van der Waals surface area contributed by atoms with Crippen LogP contribution in [0.1, 0.15) is 37.0 Å². The minimum absolute atomic E-state index is 0.105. The molecule has 0 aromatic heterocycles. The van der Waals surface area contributed by atoms with E-state index < -0.39 is 5.91 Å². The van der Waals surface area contributed by atoms with Crippen LogP contribution in [0.25, 0.3) is 0 Å². The van der Waals surface area contributed by atoms with E-state index in [1.165, 1.54) is 0 Å². The number of primary amides is 1. The van der Waals surface area contributed by atoms with Crippen molar-refractivity contribution in [3.8, 4) is 0 Å². The van der Waals surface area contributed by atoms with Crippen LogP contribution in [-0.2, 0) is 9.59 Å². The lowest BCUT2D eigenvalue weighted by atomic mass is 10.2. The van der Waals surface area contributed by atoms with Gasteiger partial charge >= 0.3 is 0 Å². The summed E-state index contributed by atoms with van der Waals surface area (Å²) >= 11 is 0. The lowest BCUT2D eigenvalue weighted by molar-refractivity contribution is -0.122. The normalized spacial score (nSPS) is 11.7. The molecule has 0 bridgehead atoms. The van der Waals surface area contributed by atoms with Gasteiger partial charge < -0.3 is 16.4 Å². The predicted molar refractivity (Wildman–Crippen MR) is 115 cm³/mol. The molecule has 0 aliphatic heterocycles. The van der Waals surface area contributed by atoms with Crippen molar-refractivity contribution in [1.82, 2.24) is 4.90 Å². The van der Waals surface area contributed by atoms with Crippen LogP contribution in [0, 0.1) is 0 Å². The first-order chi connectivity index (χ1) is 13.9. The van der Waals surface area contributed by atoms with Gasteiger partial charge in [-0.25, -0.2) is 0 Å². The zero-order chi connectivity index (χ0) is 21.2. The Labute approximate surface area is 171 Å². The number of hydrogen-bond donors (Lipinski definition) is 3. The summed E-state index contributed by atoms with van der Waals surface area (Å²) in [4.78, 5) is 38.0. The third kappa shape index (κ3) is 7.04. The maximum absolute atomic E-state index is 12.6. The fraction of sp³-hybridized carbons (Fsp3) is 0.318. The van der Waals surface area contributed by atoms with Gasteiger partial charge in [-0.3, -0.25) is 19.3 Å². The van der Waals surface area contributed by atoms with E-state index in [0.29, 0.717) is 24.3 Å². The van der Waals surface area contributed by atoms with Crippen LogP contribution >= 0.6 is 0 Å². The van der Waals surface area contributed by atoms with Gasteiger partial charge in [0.2, 0.25) is 17.7 Å². The third-order valence-corrected chi connectivity index (χ3v) is 4.56. The van der Waals surface area contributed by atoms with E-state index in [9.17, 15) is 14.4 Å². The Morgan fingerprint density at radius 1 is 0.931 bits per heavy atom. The Kier molecular flexibility index (Phi) is 8.36. The Bertz CT molecular complexity index is 822. The average Bonchev–Trinajstić information content (AvgIpc) is 2.71. The van der Waals surface area contributed by atoms with Gasteiger partial charge in [0.25, 0.3) is 0 Å². The number of amides is 3. The van der Waals surface area contributed by atoms with Crippen LogP contribution in [0.5, 0.6) is 0 Å². The predicted octanol–water partition coefficient (Wildman–Crippen LogP) is 2.85. The summed E-state index contributed by atoms with van der Waals surface area (Å²) in [6.45, 7) is 5.05. The monoisotopic (exact) mass is 396 g/mol. The summed E-state index contributed by atoms with van der Waals surface area (Å²) in [5.41, 5.74) is 6.94. The third-order valence-electron chi connectivity index (χ3n) is 4.56. The lowest BCUT2D eigenvalue weighted by Gasteiger charge is -2.27. The summed E-state index contributed by atoms with van der Waals surface area (Å²) in [6, 6.07) is 15.3. The van der Waals surface area contributed by atoms with Crippen LogP contribution < -0.4 is 16.4 Å². The number of hydrogen-bond acceptors (Lipinski definition) is 4. The molecule has 2 rings (SSSR count). The van der Waals surface area contributed by atoms with Crippen molar-refractivity contribution in [2.24, 2.45) is 5.73 Å². The smallest absolute Gasteiger partial charge is 0.248 e. The second-order valence-corrected chi connectivity index (χ2v) is 6.81. The molecule has 0 fully saturated rings. The summed E-state index contributed by atoms with van der Waals surface area (Å²) in [7, 11) is 0. The van der Waals surface area contributed by atoms with E-state index in [-0.39, 0.29) is 24.3 Å². The van der Waals surface area contributed by atoms with Crippen molar-refractivity contribution in [1.29, 1.82) is 0 Å². The highest BCUT2D eigenvalue weighted by Crippen LogP contribution is 2.12. The number of anilines is 2. The van der Waals surface area contributed by atoms with Gasteiger partial charge in [-0.2, -0.15) is 0 Å². The van der Waals surface area contributed by atoms with Gasteiger partial charge in [0.15, 0.2) is 0 Å². The van der Waals surface area contributed by atoms with Crippen molar-refractivity contribution in [2.75, 3.05) is 23.7 Å². The highest BCUT2D eigenvalue weighted by molar-refractivity contribution is 5.95. The standard InChI is InChI=1S/C22H28N4O3/c1-3-14-26(16(2)22(29)25-18-7-5-4-6-8-18)15-13-20(27)24-19-11-9-17(10-12-19)21(23)28/h4-12,16H,3,13-15H2,1-2H3,(H2,23,28)(H,24,27)(H,25,29). The topological polar surface area (TPSA) is 105 Å². The molecule has 29 heavy (non-hydrogen) atoms. The van der Waals surface area contributed by atoms with Crippen LogP contribution in [0.3, 0.4) is 0 Å². The molecule has 7 heteroatoms. The average molecular weight is 396 g/mol. The first-order valence-corrected chi connectivity index (χ1v) is 9.70. The maximum atomic E-state index is 12.6. The fourth-order valence-corrected chi connectivity index (χ4v) is 2.91. The molecular weight excluding hydrogens is 368 g/mol. The number of nitrogens with zero attached hydrogens (tertiary/aromatic N) is 1. The number of nitrogens with one attached hydrogen (secondary N) is 2. The number of nitrogens with two attached hydrogens (primary N) is 1. The van der Waals surface area contributed by atoms with Gasteiger partial charge in [-0.1, -0.05) is 25.1 Å². The molecule has 2 aromatic rings. The molecule has 0 saturated carbocycles. The van der Waals surface area contributed by atoms with E-state index in [1.807, 2.05) is 49.1 Å². The minimum atomic E-state index is -0.513. The number of carbonyl (C=O) groups excluding carboxylic acids is 3. The molecule has 0 radical (unpaired) electrons. The fourth-order valence-electron chi connectivity index (χ4n) is 2.91. The molecule has 0 spiro atoms. The first kappa shape index (κ1) is 22.1. The van der Waals surface area contributed by atoms with E-state index >= 15 is 0 Å². The summed E-state index contributed by atoms with van der Waals surface area (Å²) < 4.78 is 0. The molecule has 0 saturated heterocycles. The molecule has 154 valence electrons. The number of benzene rings is 2. The van der Waals surface area contributed by atoms with Crippen LogP contribution in [0.15, 0.2) is 54.6 Å². The molecule has 0 heterocycles. The van der Waals surface area contributed by atoms with Crippen molar-refractivity contribution < 1.29 is 14.4 Å². The molecule has 1 atom stereocenters. The Morgan fingerprint density at radius 3 is 2.14 bits per heavy atom. The van der Waals surface area contributed by atoms with E-state index in [1.54, 1.807) is 24.3 Å². The van der Waals surface area contributed by atoms with Crippen molar-refractivity contribution in [2.45, 2.75) is 32.7 Å². The van der Waals surface area contributed by atoms with Gasteiger partial charge in [-0.15, -0.1) is 0 Å². The second kappa shape index (κ2) is 11.0. The molecule has 0 aliphatic rings. The molecule has 3 amide bonds. The van der Waals surface area contributed by atoms with Gasteiger partial charge in [0.1, 0.15) is 0 Å². The maximum Gasteiger partial charge on any atom is 0.248 e. The summed E-state index contributed by atoms with van der Waals surface area (Å²) in [6.07, 6.45) is 1.12. The van der Waals surface area contributed by atoms with E-state index in [0.717, 1.165) is 12.1 Å². The molecule has 4 N–H and O–H groups in total. The molecule has 2 aromatic carbocycles. The zero-order valence-electron chi connectivity index (χ0n) is 16.9. The summed E-state index contributed by atoms with van der Waals surface area (Å²) in [5, 5.41) is 5.70. The van der Waals surface area contributed by atoms with Gasteiger partial charge in [0.05, 0.1) is 6.04 Å². The SMILES string of the molecule is CCCN(CCC(=O)Nc1ccc(C(N)=O)cc1)C(C)C(=O)Nc1ccccc1. The van der Waals surface area contributed by atoms with Crippen molar-refractivity contribution in [3.63, 3.8) is 0 Å². The molecule has 7 nitrogen and oxygen atoms in total. The number of para-hydroxylation sites is 1. The Hall–Kier alpha value is -3.19. The second-order valence-electron chi connectivity index (χ2n) is 6.81. The van der Waals surface area contributed by atoms with E-state index in [4.69, 9.17) is 5.73 Å². The van der Waals surface area contributed by atoms with Gasteiger partial charge in [-0.05, 0) is 56.3 Å². The number of rotatable bonds is 10. The quantitative estimate of drug-likeness (QED) is 0.574. The molecular formula is C22H28N4O3. The Balaban J connectivity index is 1.89. The molecule has 0 aliphatic carbocycles.